The fourth-order valence-corrected chi connectivity index (χ4v) is 0.806. The number of para-hydroxylation sites is 1. The number of nitrogens with zero attached hydrogens (tertiary/aromatic N) is 1. The van der Waals surface area contributed by atoms with Crippen LogP contribution in [0.3, 0.4) is 0 Å². The van der Waals surface area contributed by atoms with Crippen LogP contribution in [-0.2, 0) is 0 Å². The van der Waals surface area contributed by atoms with Gasteiger partial charge in [-0.1, -0.05) is 18.2 Å². The first-order chi connectivity index (χ1) is 5.70. The number of rotatable bonds is 2. The van der Waals surface area contributed by atoms with E-state index in [1.54, 1.807) is 12.1 Å². The van der Waals surface area contributed by atoms with Crippen LogP contribution in [0.25, 0.3) is 0 Å². The van der Waals surface area contributed by atoms with E-state index in [-0.39, 0.29) is 0 Å². The van der Waals surface area contributed by atoms with Crippen molar-refractivity contribution in [2.24, 2.45) is 5.73 Å². The third-order valence-electron chi connectivity index (χ3n) is 1.22. The Labute approximate surface area is 75.9 Å². The highest BCUT2D eigenvalue weighted by molar-refractivity contribution is 7.78. The molecule has 64 valence electrons. The number of benzene rings is 1. The van der Waals surface area contributed by atoms with Gasteiger partial charge in [0.15, 0.2) is 0 Å². The summed E-state index contributed by atoms with van der Waals surface area (Å²) in [7, 11) is 0. The minimum atomic E-state index is -0.651. The van der Waals surface area contributed by atoms with E-state index in [9.17, 15) is 4.79 Å². The van der Waals surface area contributed by atoms with Gasteiger partial charge in [-0.25, -0.2) is 4.79 Å². The smallest absolute Gasteiger partial charge is 0.343 e. The number of primary amides is 1. The molecule has 4 nitrogen and oxygen atoms in total. The number of hydrogen-bond donors (Lipinski definition) is 3. The zero-order chi connectivity index (χ0) is 8.97. The van der Waals surface area contributed by atoms with Crippen LogP contribution in [0.15, 0.2) is 30.3 Å². The average molecular weight is 183 g/mol. The van der Waals surface area contributed by atoms with Crippen LogP contribution in [0, 0.1) is 0 Å². The minimum Gasteiger partial charge on any atom is -0.349 e. The SMILES string of the molecule is NC(=O)N(S)Nc1ccccc1. The Morgan fingerprint density at radius 2 is 2.00 bits per heavy atom. The number of amides is 2. The molecule has 0 saturated heterocycles. The van der Waals surface area contributed by atoms with Crippen LogP contribution >= 0.6 is 12.8 Å². The van der Waals surface area contributed by atoms with E-state index < -0.39 is 6.03 Å². The molecule has 1 rings (SSSR count). The quantitative estimate of drug-likeness (QED) is 0.477. The van der Waals surface area contributed by atoms with Gasteiger partial charge in [-0.15, -0.1) is 0 Å². The van der Waals surface area contributed by atoms with Crippen LogP contribution < -0.4 is 11.2 Å². The van der Waals surface area contributed by atoms with Gasteiger partial charge in [0.1, 0.15) is 0 Å². The molecule has 1 aromatic rings. The predicted molar refractivity (Wildman–Crippen MR) is 50.5 cm³/mol. The Balaban J connectivity index is 2.58. The number of nitrogens with two attached hydrogens (primary N) is 1. The summed E-state index contributed by atoms with van der Waals surface area (Å²) in [4.78, 5) is 10.5. The summed E-state index contributed by atoms with van der Waals surface area (Å²) in [5.74, 6) is 0. The Morgan fingerprint density at radius 1 is 1.42 bits per heavy atom. The molecule has 0 atom stereocenters. The molecule has 5 heteroatoms. The summed E-state index contributed by atoms with van der Waals surface area (Å²) in [6, 6.07) is 8.49. The molecule has 0 aliphatic heterocycles. The number of urea groups is 1. The Kier molecular flexibility index (Phi) is 2.82. The molecule has 12 heavy (non-hydrogen) atoms. The van der Waals surface area contributed by atoms with Crippen LogP contribution in [0.2, 0.25) is 0 Å². The molecule has 0 heterocycles. The predicted octanol–water partition coefficient (Wildman–Crippen LogP) is 1.24. The number of thiol groups is 1. The molecule has 0 fully saturated rings. The second kappa shape index (κ2) is 3.87. The Hall–Kier alpha value is -1.36. The van der Waals surface area contributed by atoms with Gasteiger partial charge in [-0.3, -0.25) is 5.43 Å². The van der Waals surface area contributed by atoms with Crippen molar-refractivity contribution in [1.29, 1.82) is 0 Å². The number of hydrogen-bond acceptors (Lipinski definition) is 3. The molecule has 0 unspecified atom stereocenters. The van der Waals surface area contributed by atoms with E-state index in [1.807, 2.05) is 18.2 Å². The molecular formula is C7H9N3OS. The Bertz CT molecular complexity index is 265. The van der Waals surface area contributed by atoms with Crippen LogP contribution in [0.5, 0.6) is 0 Å². The molecule has 0 aliphatic carbocycles. The number of carbonyl (C=O) groups is 1. The van der Waals surface area contributed by atoms with Crippen molar-refractivity contribution >= 4 is 24.5 Å². The topological polar surface area (TPSA) is 58.4 Å². The highest BCUT2D eigenvalue weighted by Crippen LogP contribution is 2.07. The molecule has 0 aliphatic rings. The molecule has 0 saturated carbocycles. The summed E-state index contributed by atoms with van der Waals surface area (Å²) in [6.07, 6.45) is 0. The summed E-state index contributed by atoms with van der Waals surface area (Å²) in [5.41, 5.74) is 8.35. The average Bonchev–Trinajstić information content (AvgIpc) is 2.06. The van der Waals surface area contributed by atoms with Gasteiger partial charge in [0.05, 0.1) is 5.69 Å². The van der Waals surface area contributed by atoms with Crippen molar-refractivity contribution in [3.05, 3.63) is 30.3 Å². The summed E-state index contributed by atoms with van der Waals surface area (Å²) < 4.78 is 0.912. The summed E-state index contributed by atoms with van der Waals surface area (Å²) in [6.45, 7) is 0. The van der Waals surface area contributed by atoms with Crippen LogP contribution in [-0.4, -0.2) is 10.4 Å². The molecule has 3 N–H and O–H groups in total. The second-order valence-electron chi connectivity index (χ2n) is 2.13. The monoisotopic (exact) mass is 183 g/mol. The van der Waals surface area contributed by atoms with Crippen molar-refractivity contribution in [3.63, 3.8) is 0 Å². The maximum absolute atomic E-state index is 10.5. The first kappa shape index (κ1) is 8.73. The molecular weight excluding hydrogens is 174 g/mol. The molecule has 0 aromatic heterocycles. The van der Waals surface area contributed by atoms with Gasteiger partial charge < -0.3 is 5.73 Å². The third-order valence-corrected chi connectivity index (χ3v) is 1.51. The van der Waals surface area contributed by atoms with Gasteiger partial charge in [0.25, 0.3) is 0 Å². The van der Waals surface area contributed by atoms with E-state index in [4.69, 9.17) is 5.73 Å². The van der Waals surface area contributed by atoms with E-state index in [0.717, 1.165) is 10.1 Å². The maximum Gasteiger partial charge on any atom is 0.343 e. The molecule has 0 bridgehead atoms. The first-order valence-electron chi connectivity index (χ1n) is 3.30. The fourth-order valence-electron chi connectivity index (χ4n) is 0.690. The zero-order valence-corrected chi connectivity index (χ0v) is 7.16. The van der Waals surface area contributed by atoms with Gasteiger partial charge in [-0.05, 0) is 24.9 Å². The van der Waals surface area contributed by atoms with E-state index in [1.165, 1.54) is 0 Å². The third kappa shape index (κ3) is 2.35. The maximum atomic E-state index is 10.5. The van der Waals surface area contributed by atoms with E-state index >= 15 is 0 Å². The first-order valence-corrected chi connectivity index (χ1v) is 3.70. The highest BCUT2D eigenvalue weighted by atomic mass is 32.1. The molecule has 2 amide bonds. The lowest BCUT2D eigenvalue weighted by molar-refractivity contribution is 0.239. The molecule has 0 spiro atoms. The summed E-state index contributed by atoms with van der Waals surface area (Å²) >= 11 is 3.78. The lowest BCUT2D eigenvalue weighted by Gasteiger charge is -2.14. The summed E-state index contributed by atoms with van der Waals surface area (Å²) in [5, 5.41) is 0. The standard InChI is InChI=1S/C7H9N3OS/c8-7(11)10(12)9-6-4-2-1-3-5-6/h1-5,9,12H,(H2,8,11). The lowest BCUT2D eigenvalue weighted by atomic mass is 10.3. The van der Waals surface area contributed by atoms with Gasteiger partial charge >= 0.3 is 6.03 Å². The number of carbonyl (C=O) groups excluding carboxylic acids is 1. The number of anilines is 1. The number of nitrogens with one attached hydrogen (secondary N) is 1. The Morgan fingerprint density at radius 3 is 2.50 bits per heavy atom. The van der Waals surface area contributed by atoms with Crippen molar-refractivity contribution in [2.45, 2.75) is 0 Å². The van der Waals surface area contributed by atoms with E-state index in [0.29, 0.717) is 0 Å². The van der Waals surface area contributed by atoms with Gasteiger partial charge in [0, 0.05) is 0 Å². The largest absolute Gasteiger partial charge is 0.349 e. The normalized spacial score (nSPS) is 9.08. The molecule has 1 aromatic carbocycles. The lowest BCUT2D eigenvalue weighted by Crippen LogP contribution is -2.32. The fraction of sp³-hybridized carbons (Fsp3) is 0. The highest BCUT2D eigenvalue weighted by Gasteiger charge is 2.01. The van der Waals surface area contributed by atoms with Gasteiger partial charge in [0.2, 0.25) is 0 Å². The van der Waals surface area contributed by atoms with Gasteiger partial charge in [-0.2, -0.15) is 4.41 Å². The van der Waals surface area contributed by atoms with Crippen LogP contribution in [0.1, 0.15) is 0 Å². The second-order valence-corrected chi connectivity index (χ2v) is 2.53. The number of hydrazine groups is 1. The minimum absolute atomic E-state index is 0.651. The van der Waals surface area contributed by atoms with Crippen molar-refractivity contribution in [1.82, 2.24) is 4.41 Å². The van der Waals surface area contributed by atoms with Crippen molar-refractivity contribution in [2.75, 3.05) is 5.43 Å². The zero-order valence-electron chi connectivity index (χ0n) is 6.27. The van der Waals surface area contributed by atoms with Crippen LogP contribution in [0.4, 0.5) is 10.5 Å². The van der Waals surface area contributed by atoms with Crippen molar-refractivity contribution < 1.29 is 4.79 Å². The van der Waals surface area contributed by atoms with E-state index in [2.05, 4.69) is 18.2 Å². The van der Waals surface area contributed by atoms with Crippen molar-refractivity contribution in [3.8, 4) is 0 Å². The molecule has 0 radical (unpaired) electrons.